The van der Waals surface area contributed by atoms with E-state index < -0.39 is 0 Å². The molecule has 19 heavy (non-hydrogen) atoms. The van der Waals surface area contributed by atoms with Crippen LogP contribution in [0.3, 0.4) is 0 Å². The topological polar surface area (TPSA) is 41.6 Å². The molecule has 0 aromatic heterocycles. The van der Waals surface area contributed by atoms with Gasteiger partial charge in [0.1, 0.15) is 0 Å². The maximum atomic E-state index is 6.08. The predicted molar refractivity (Wildman–Crippen MR) is 81.4 cm³/mol. The summed E-state index contributed by atoms with van der Waals surface area (Å²) < 4.78 is 0. The van der Waals surface area contributed by atoms with Crippen molar-refractivity contribution >= 4 is 17.6 Å². The molecule has 104 valence electrons. The lowest BCUT2D eigenvalue weighted by Gasteiger charge is -2.23. The normalized spacial score (nSPS) is 17.5. The summed E-state index contributed by atoms with van der Waals surface area (Å²) in [6, 6.07) is 8.27. The molecule has 1 aromatic rings. The van der Waals surface area contributed by atoms with Crippen LogP contribution in [0.15, 0.2) is 29.3 Å². The third-order valence-electron chi connectivity index (χ3n) is 3.59. The van der Waals surface area contributed by atoms with E-state index in [1.165, 1.54) is 32.1 Å². The van der Waals surface area contributed by atoms with Crippen LogP contribution in [-0.2, 0) is 6.54 Å². The zero-order valence-corrected chi connectivity index (χ0v) is 12.2. The Hall–Kier alpha value is -1.22. The Morgan fingerprint density at radius 2 is 2.11 bits per heavy atom. The summed E-state index contributed by atoms with van der Waals surface area (Å²) in [4.78, 5) is 6.63. The number of halogens is 1. The highest BCUT2D eigenvalue weighted by atomic mass is 35.5. The predicted octanol–water partition coefficient (Wildman–Crippen LogP) is 3.42. The van der Waals surface area contributed by atoms with Gasteiger partial charge in [0.25, 0.3) is 0 Å². The van der Waals surface area contributed by atoms with E-state index in [0.717, 1.165) is 17.1 Å². The minimum absolute atomic E-state index is 0.413. The van der Waals surface area contributed by atoms with Gasteiger partial charge < -0.3 is 10.6 Å². The van der Waals surface area contributed by atoms with Crippen molar-refractivity contribution in [3.05, 3.63) is 34.9 Å². The Kier molecular flexibility index (Phi) is 5.08. The molecule has 2 N–H and O–H groups in total. The molecule has 1 aliphatic carbocycles. The standard InChI is InChI=1S/C15H22ClN3/c1-19(11-12-6-5-7-13(16)10-12)15(17)18-14-8-3-2-4-9-14/h5-7,10,14H,2-4,8-9,11H2,1H3,(H2,17,18). The van der Waals surface area contributed by atoms with Crippen molar-refractivity contribution in [3.8, 4) is 0 Å². The SMILES string of the molecule is CN(Cc1cccc(Cl)c1)C(N)=NC1CCCCC1. The first-order valence-corrected chi connectivity index (χ1v) is 7.32. The van der Waals surface area contributed by atoms with Crippen LogP contribution in [-0.4, -0.2) is 23.9 Å². The van der Waals surface area contributed by atoms with Gasteiger partial charge in [0.05, 0.1) is 6.04 Å². The van der Waals surface area contributed by atoms with Gasteiger partial charge in [-0.25, -0.2) is 4.99 Å². The summed E-state index contributed by atoms with van der Waals surface area (Å²) in [5.41, 5.74) is 7.23. The molecular formula is C15H22ClN3. The molecule has 3 nitrogen and oxygen atoms in total. The highest BCUT2D eigenvalue weighted by molar-refractivity contribution is 6.30. The van der Waals surface area contributed by atoms with Crippen LogP contribution in [0.25, 0.3) is 0 Å². The number of aliphatic imine (C=N–C) groups is 1. The first kappa shape index (κ1) is 14.2. The van der Waals surface area contributed by atoms with E-state index in [4.69, 9.17) is 17.3 Å². The van der Waals surface area contributed by atoms with E-state index in [1.807, 2.05) is 30.1 Å². The average Bonchev–Trinajstić information content (AvgIpc) is 2.40. The van der Waals surface area contributed by atoms with Gasteiger partial charge in [-0.05, 0) is 30.5 Å². The number of nitrogens with zero attached hydrogens (tertiary/aromatic N) is 2. The maximum Gasteiger partial charge on any atom is 0.191 e. The fourth-order valence-electron chi connectivity index (χ4n) is 2.49. The lowest BCUT2D eigenvalue weighted by molar-refractivity contribution is 0.428. The van der Waals surface area contributed by atoms with Crippen molar-refractivity contribution in [2.75, 3.05) is 7.05 Å². The van der Waals surface area contributed by atoms with Crippen molar-refractivity contribution in [2.45, 2.75) is 44.7 Å². The van der Waals surface area contributed by atoms with Crippen molar-refractivity contribution in [1.29, 1.82) is 0 Å². The molecule has 0 unspecified atom stereocenters. The lowest BCUT2D eigenvalue weighted by Crippen LogP contribution is -2.35. The second-order valence-corrected chi connectivity index (χ2v) is 5.70. The molecule has 2 rings (SSSR count). The van der Waals surface area contributed by atoms with Crippen molar-refractivity contribution in [1.82, 2.24) is 4.90 Å². The van der Waals surface area contributed by atoms with Crippen LogP contribution < -0.4 is 5.73 Å². The lowest BCUT2D eigenvalue weighted by atomic mass is 9.96. The first-order valence-electron chi connectivity index (χ1n) is 6.94. The Morgan fingerprint density at radius 3 is 2.79 bits per heavy atom. The van der Waals surface area contributed by atoms with E-state index in [2.05, 4.69) is 11.1 Å². The van der Waals surface area contributed by atoms with Crippen LogP contribution in [0.4, 0.5) is 0 Å². The van der Waals surface area contributed by atoms with Gasteiger partial charge in [0.2, 0.25) is 0 Å². The molecule has 0 radical (unpaired) electrons. The molecule has 0 aliphatic heterocycles. The fraction of sp³-hybridized carbons (Fsp3) is 0.533. The summed E-state index contributed by atoms with van der Waals surface area (Å²) in [6.07, 6.45) is 6.24. The van der Waals surface area contributed by atoms with Gasteiger partial charge in [-0.1, -0.05) is 43.0 Å². The van der Waals surface area contributed by atoms with Gasteiger partial charge in [-0.2, -0.15) is 0 Å². The van der Waals surface area contributed by atoms with Crippen molar-refractivity contribution in [2.24, 2.45) is 10.7 Å². The van der Waals surface area contributed by atoms with Crippen LogP contribution in [0, 0.1) is 0 Å². The van der Waals surface area contributed by atoms with Crippen LogP contribution in [0.5, 0.6) is 0 Å². The molecule has 1 aliphatic rings. The summed E-state index contributed by atoms with van der Waals surface area (Å²) in [5.74, 6) is 0.631. The largest absolute Gasteiger partial charge is 0.370 e. The molecule has 0 heterocycles. The Balaban J connectivity index is 1.94. The number of hydrogen-bond donors (Lipinski definition) is 1. The monoisotopic (exact) mass is 279 g/mol. The molecule has 0 atom stereocenters. The number of nitrogens with two attached hydrogens (primary N) is 1. The zero-order valence-electron chi connectivity index (χ0n) is 11.5. The smallest absolute Gasteiger partial charge is 0.191 e. The molecule has 0 saturated heterocycles. The Labute approximate surface area is 120 Å². The van der Waals surface area contributed by atoms with Gasteiger partial charge >= 0.3 is 0 Å². The Morgan fingerprint density at radius 1 is 1.37 bits per heavy atom. The number of hydrogen-bond acceptors (Lipinski definition) is 1. The molecule has 0 amide bonds. The van der Waals surface area contributed by atoms with E-state index in [9.17, 15) is 0 Å². The second-order valence-electron chi connectivity index (χ2n) is 5.27. The maximum absolute atomic E-state index is 6.08. The van der Waals surface area contributed by atoms with Crippen LogP contribution in [0.1, 0.15) is 37.7 Å². The molecule has 1 saturated carbocycles. The Bertz CT molecular complexity index is 439. The fourth-order valence-corrected chi connectivity index (χ4v) is 2.70. The molecular weight excluding hydrogens is 258 g/mol. The van der Waals surface area contributed by atoms with Gasteiger partial charge in [0, 0.05) is 18.6 Å². The van der Waals surface area contributed by atoms with Crippen LogP contribution in [0.2, 0.25) is 5.02 Å². The molecule has 1 aromatic carbocycles. The second kappa shape index (κ2) is 6.80. The zero-order chi connectivity index (χ0) is 13.7. The van der Waals surface area contributed by atoms with Crippen molar-refractivity contribution < 1.29 is 0 Å². The third-order valence-corrected chi connectivity index (χ3v) is 3.82. The van der Waals surface area contributed by atoms with E-state index in [1.54, 1.807) is 0 Å². The molecule has 1 fully saturated rings. The molecule has 4 heteroatoms. The van der Waals surface area contributed by atoms with Crippen molar-refractivity contribution in [3.63, 3.8) is 0 Å². The first-order chi connectivity index (χ1) is 9.15. The van der Waals surface area contributed by atoms with Crippen LogP contribution >= 0.6 is 11.6 Å². The van der Waals surface area contributed by atoms with E-state index in [0.29, 0.717) is 12.0 Å². The molecule has 0 bridgehead atoms. The minimum Gasteiger partial charge on any atom is -0.370 e. The highest BCUT2D eigenvalue weighted by Crippen LogP contribution is 2.20. The third kappa shape index (κ3) is 4.43. The van der Waals surface area contributed by atoms with E-state index in [-0.39, 0.29) is 0 Å². The molecule has 0 spiro atoms. The average molecular weight is 280 g/mol. The highest BCUT2D eigenvalue weighted by Gasteiger charge is 2.13. The summed E-state index contributed by atoms with van der Waals surface area (Å²) >= 11 is 5.98. The number of benzene rings is 1. The summed E-state index contributed by atoms with van der Waals surface area (Å²) in [5, 5.41) is 0.758. The van der Waals surface area contributed by atoms with Gasteiger partial charge in [-0.15, -0.1) is 0 Å². The number of rotatable bonds is 3. The minimum atomic E-state index is 0.413. The van der Waals surface area contributed by atoms with Gasteiger partial charge in [0.15, 0.2) is 5.96 Å². The number of guanidine groups is 1. The summed E-state index contributed by atoms with van der Waals surface area (Å²) in [7, 11) is 1.97. The summed E-state index contributed by atoms with van der Waals surface area (Å²) in [6.45, 7) is 0.739. The van der Waals surface area contributed by atoms with Gasteiger partial charge in [-0.3, -0.25) is 0 Å². The quantitative estimate of drug-likeness (QED) is 0.680. The van der Waals surface area contributed by atoms with E-state index >= 15 is 0 Å².